The molecule has 0 aliphatic carbocycles. The van der Waals surface area contributed by atoms with E-state index in [2.05, 4.69) is 0 Å². The van der Waals surface area contributed by atoms with Crippen molar-refractivity contribution in [3.63, 3.8) is 0 Å². The molecule has 1 saturated heterocycles. The molecular formula is C7H12O2S. The van der Waals surface area contributed by atoms with Crippen molar-refractivity contribution in [1.29, 1.82) is 0 Å². The molecular weight excluding hydrogens is 148 g/mol. The molecule has 1 atom stereocenters. The van der Waals surface area contributed by atoms with Gasteiger partial charge in [-0.25, -0.2) is 0 Å². The third-order valence-electron chi connectivity index (χ3n) is 1.96. The van der Waals surface area contributed by atoms with E-state index in [-0.39, 0.29) is 5.60 Å². The molecule has 1 aliphatic rings. The van der Waals surface area contributed by atoms with Crippen molar-refractivity contribution in [2.24, 2.45) is 0 Å². The van der Waals surface area contributed by atoms with Crippen LogP contribution in [0.1, 0.15) is 12.8 Å². The third kappa shape index (κ3) is 1.52. The SMILES string of the molecule is COC1(CC=O)CCSC1. The summed E-state index contributed by atoms with van der Waals surface area (Å²) in [5, 5.41) is 0. The molecule has 0 saturated carbocycles. The lowest BCUT2D eigenvalue weighted by molar-refractivity contribution is -0.112. The molecule has 0 amide bonds. The van der Waals surface area contributed by atoms with Gasteiger partial charge < -0.3 is 9.53 Å². The molecule has 0 bridgehead atoms. The van der Waals surface area contributed by atoms with Gasteiger partial charge in [0.05, 0.1) is 5.60 Å². The largest absolute Gasteiger partial charge is 0.377 e. The maximum absolute atomic E-state index is 10.2. The smallest absolute Gasteiger partial charge is 0.122 e. The number of rotatable bonds is 3. The number of carbonyl (C=O) groups excluding carboxylic acids is 1. The Morgan fingerprint density at radius 3 is 3.00 bits per heavy atom. The van der Waals surface area contributed by atoms with E-state index in [0.29, 0.717) is 6.42 Å². The van der Waals surface area contributed by atoms with Crippen LogP contribution in [0.2, 0.25) is 0 Å². The number of ether oxygens (including phenoxy) is 1. The molecule has 0 aromatic heterocycles. The van der Waals surface area contributed by atoms with Crippen LogP contribution in [0.25, 0.3) is 0 Å². The minimum absolute atomic E-state index is 0.119. The predicted octanol–water partition coefficient (Wildman–Crippen LogP) is 1.10. The topological polar surface area (TPSA) is 26.3 Å². The highest BCUT2D eigenvalue weighted by Gasteiger charge is 2.33. The molecule has 0 aromatic rings. The molecule has 0 aromatic carbocycles. The number of hydrogen-bond acceptors (Lipinski definition) is 3. The predicted molar refractivity (Wildman–Crippen MR) is 42.4 cm³/mol. The summed E-state index contributed by atoms with van der Waals surface area (Å²) in [5.41, 5.74) is -0.119. The van der Waals surface area contributed by atoms with Gasteiger partial charge >= 0.3 is 0 Å². The van der Waals surface area contributed by atoms with E-state index in [1.54, 1.807) is 7.11 Å². The number of carbonyl (C=O) groups is 1. The van der Waals surface area contributed by atoms with Gasteiger partial charge in [-0.1, -0.05) is 0 Å². The van der Waals surface area contributed by atoms with Crippen molar-refractivity contribution in [3.05, 3.63) is 0 Å². The Morgan fingerprint density at radius 1 is 1.80 bits per heavy atom. The van der Waals surface area contributed by atoms with Crippen LogP contribution >= 0.6 is 11.8 Å². The minimum atomic E-state index is -0.119. The minimum Gasteiger partial charge on any atom is -0.377 e. The van der Waals surface area contributed by atoms with Crippen LogP contribution in [0.4, 0.5) is 0 Å². The first-order valence-electron chi connectivity index (χ1n) is 3.39. The quantitative estimate of drug-likeness (QED) is 0.578. The zero-order valence-corrected chi connectivity index (χ0v) is 6.95. The summed E-state index contributed by atoms with van der Waals surface area (Å²) in [4.78, 5) is 10.2. The van der Waals surface area contributed by atoms with Crippen LogP contribution in [-0.2, 0) is 9.53 Å². The first kappa shape index (κ1) is 8.08. The van der Waals surface area contributed by atoms with Crippen LogP contribution in [0.5, 0.6) is 0 Å². The number of hydrogen-bond donors (Lipinski definition) is 0. The Hall–Kier alpha value is -0.0200. The molecule has 0 spiro atoms. The zero-order chi connectivity index (χ0) is 7.45. The van der Waals surface area contributed by atoms with Gasteiger partial charge in [-0.15, -0.1) is 0 Å². The van der Waals surface area contributed by atoms with Gasteiger partial charge in [0.1, 0.15) is 6.29 Å². The monoisotopic (exact) mass is 160 g/mol. The average molecular weight is 160 g/mol. The molecule has 1 aliphatic heterocycles. The third-order valence-corrected chi connectivity index (χ3v) is 3.18. The highest BCUT2D eigenvalue weighted by atomic mass is 32.2. The fourth-order valence-electron chi connectivity index (χ4n) is 1.15. The second-order valence-corrected chi connectivity index (χ2v) is 3.67. The van der Waals surface area contributed by atoms with E-state index in [9.17, 15) is 4.79 Å². The van der Waals surface area contributed by atoms with Crippen molar-refractivity contribution in [2.75, 3.05) is 18.6 Å². The Bertz CT molecular complexity index is 119. The number of aldehydes is 1. The molecule has 10 heavy (non-hydrogen) atoms. The maximum atomic E-state index is 10.2. The van der Waals surface area contributed by atoms with Crippen molar-refractivity contribution in [2.45, 2.75) is 18.4 Å². The highest BCUT2D eigenvalue weighted by Crippen LogP contribution is 2.32. The summed E-state index contributed by atoms with van der Waals surface area (Å²) in [7, 11) is 1.69. The summed E-state index contributed by atoms with van der Waals surface area (Å²) < 4.78 is 5.29. The molecule has 2 nitrogen and oxygen atoms in total. The van der Waals surface area contributed by atoms with E-state index in [1.807, 2.05) is 11.8 Å². The van der Waals surface area contributed by atoms with Gasteiger partial charge in [0, 0.05) is 19.3 Å². The highest BCUT2D eigenvalue weighted by molar-refractivity contribution is 7.99. The molecule has 58 valence electrons. The van der Waals surface area contributed by atoms with E-state index < -0.39 is 0 Å². The van der Waals surface area contributed by atoms with Gasteiger partial charge in [0.15, 0.2) is 0 Å². The van der Waals surface area contributed by atoms with Crippen molar-refractivity contribution >= 4 is 18.0 Å². The van der Waals surface area contributed by atoms with E-state index in [1.165, 1.54) is 0 Å². The fraction of sp³-hybridized carbons (Fsp3) is 0.857. The van der Waals surface area contributed by atoms with E-state index >= 15 is 0 Å². The second kappa shape index (κ2) is 3.39. The van der Waals surface area contributed by atoms with E-state index in [0.717, 1.165) is 24.2 Å². The summed E-state index contributed by atoms with van der Waals surface area (Å²) in [6, 6.07) is 0. The van der Waals surface area contributed by atoms with Crippen molar-refractivity contribution < 1.29 is 9.53 Å². The Balaban J connectivity index is 2.48. The van der Waals surface area contributed by atoms with Gasteiger partial charge in [-0.3, -0.25) is 0 Å². The lowest BCUT2D eigenvalue weighted by Gasteiger charge is -2.23. The average Bonchev–Trinajstić information content (AvgIpc) is 2.39. The summed E-state index contributed by atoms with van der Waals surface area (Å²) >= 11 is 1.86. The standard InChI is InChI=1S/C7H12O2S/c1-9-7(2-4-8)3-5-10-6-7/h4H,2-3,5-6H2,1H3. The van der Waals surface area contributed by atoms with Gasteiger partial charge in [0.25, 0.3) is 0 Å². The molecule has 0 radical (unpaired) electrons. The zero-order valence-electron chi connectivity index (χ0n) is 6.13. The molecule has 1 unspecified atom stereocenters. The first-order valence-corrected chi connectivity index (χ1v) is 4.55. The van der Waals surface area contributed by atoms with Crippen LogP contribution < -0.4 is 0 Å². The number of thioether (sulfide) groups is 1. The molecule has 0 N–H and O–H groups in total. The Morgan fingerprint density at radius 2 is 2.60 bits per heavy atom. The first-order chi connectivity index (χ1) is 4.83. The van der Waals surface area contributed by atoms with Crippen molar-refractivity contribution in [3.8, 4) is 0 Å². The van der Waals surface area contributed by atoms with Gasteiger partial charge in [-0.05, 0) is 12.2 Å². The number of methoxy groups -OCH3 is 1. The maximum Gasteiger partial charge on any atom is 0.122 e. The van der Waals surface area contributed by atoms with E-state index in [4.69, 9.17) is 4.74 Å². The van der Waals surface area contributed by atoms with Crippen LogP contribution in [-0.4, -0.2) is 30.5 Å². The summed E-state index contributed by atoms with van der Waals surface area (Å²) in [6.45, 7) is 0. The van der Waals surface area contributed by atoms with Crippen molar-refractivity contribution in [1.82, 2.24) is 0 Å². The second-order valence-electron chi connectivity index (χ2n) is 2.56. The normalized spacial score (nSPS) is 32.5. The van der Waals surface area contributed by atoms with Gasteiger partial charge in [-0.2, -0.15) is 11.8 Å². The Kier molecular flexibility index (Phi) is 2.74. The molecule has 1 heterocycles. The van der Waals surface area contributed by atoms with Gasteiger partial charge in [0.2, 0.25) is 0 Å². The lowest BCUT2D eigenvalue weighted by Crippen LogP contribution is -2.31. The molecule has 1 rings (SSSR count). The fourth-order valence-corrected chi connectivity index (χ4v) is 2.56. The van der Waals surface area contributed by atoms with Crippen LogP contribution in [0, 0.1) is 0 Å². The van der Waals surface area contributed by atoms with Crippen LogP contribution in [0.3, 0.4) is 0 Å². The summed E-state index contributed by atoms with van der Waals surface area (Å²) in [6.07, 6.45) is 2.53. The lowest BCUT2D eigenvalue weighted by atomic mass is 10.0. The van der Waals surface area contributed by atoms with Crippen LogP contribution in [0.15, 0.2) is 0 Å². The molecule has 3 heteroatoms. The molecule has 1 fully saturated rings. The summed E-state index contributed by atoms with van der Waals surface area (Å²) in [5.74, 6) is 2.10. The Labute approximate surface area is 65.3 Å².